The molecule has 2 aromatic rings. The monoisotopic (exact) mass is 247 g/mol. The number of rotatable bonds is 5. The van der Waals surface area contributed by atoms with Crippen LogP contribution >= 0.6 is 0 Å². The molecule has 0 unspecified atom stereocenters. The second-order valence-corrected chi connectivity index (χ2v) is 4.15. The van der Waals surface area contributed by atoms with Crippen LogP contribution in [0.5, 0.6) is 0 Å². The molecule has 2 heterocycles. The smallest absolute Gasteiger partial charge is 0.251 e. The highest BCUT2D eigenvalue weighted by Crippen LogP contribution is 2.19. The SMILES string of the molecule is CCCNCc1cc(=O)[nH]c(-c2ccoc2C)n1. The summed E-state index contributed by atoms with van der Waals surface area (Å²) in [6.45, 7) is 5.45. The van der Waals surface area contributed by atoms with Crippen LogP contribution in [0.4, 0.5) is 0 Å². The highest BCUT2D eigenvalue weighted by atomic mass is 16.3. The molecule has 2 N–H and O–H groups in total. The number of H-pyrrole nitrogens is 1. The van der Waals surface area contributed by atoms with Gasteiger partial charge in [-0.3, -0.25) is 4.79 Å². The zero-order chi connectivity index (χ0) is 13.0. The molecule has 0 aliphatic rings. The molecule has 0 aromatic carbocycles. The lowest BCUT2D eigenvalue weighted by molar-refractivity contribution is 0.535. The van der Waals surface area contributed by atoms with E-state index in [1.807, 2.05) is 6.92 Å². The van der Waals surface area contributed by atoms with Crippen LogP contribution in [-0.4, -0.2) is 16.5 Å². The number of nitrogens with zero attached hydrogens (tertiary/aromatic N) is 1. The second-order valence-electron chi connectivity index (χ2n) is 4.15. The molecule has 0 fully saturated rings. The van der Waals surface area contributed by atoms with Crippen molar-refractivity contribution in [3.8, 4) is 11.4 Å². The first-order valence-electron chi connectivity index (χ1n) is 6.06. The van der Waals surface area contributed by atoms with Gasteiger partial charge in [0.05, 0.1) is 17.5 Å². The number of hydrogen-bond donors (Lipinski definition) is 2. The Morgan fingerprint density at radius 3 is 3.00 bits per heavy atom. The summed E-state index contributed by atoms with van der Waals surface area (Å²) in [6.07, 6.45) is 2.64. The van der Waals surface area contributed by atoms with Crippen LogP contribution < -0.4 is 10.9 Å². The van der Waals surface area contributed by atoms with E-state index in [9.17, 15) is 4.79 Å². The molecule has 5 heteroatoms. The second kappa shape index (κ2) is 5.64. The maximum Gasteiger partial charge on any atom is 0.251 e. The number of aryl methyl sites for hydroxylation is 1. The highest BCUT2D eigenvalue weighted by Gasteiger charge is 2.08. The van der Waals surface area contributed by atoms with Gasteiger partial charge in [0.25, 0.3) is 5.56 Å². The van der Waals surface area contributed by atoms with Gasteiger partial charge in [-0.15, -0.1) is 0 Å². The number of furan rings is 1. The first kappa shape index (κ1) is 12.6. The lowest BCUT2D eigenvalue weighted by atomic mass is 10.2. The fourth-order valence-electron chi connectivity index (χ4n) is 1.75. The molecule has 0 aliphatic carbocycles. The minimum absolute atomic E-state index is 0.145. The highest BCUT2D eigenvalue weighted by molar-refractivity contribution is 5.56. The van der Waals surface area contributed by atoms with Crippen LogP contribution in [0.3, 0.4) is 0 Å². The lowest BCUT2D eigenvalue weighted by Gasteiger charge is -2.04. The van der Waals surface area contributed by atoms with Crippen LogP contribution in [0, 0.1) is 6.92 Å². The first-order chi connectivity index (χ1) is 8.70. The van der Waals surface area contributed by atoms with E-state index in [1.54, 1.807) is 12.3 Å². The zero-order valence-electron chi connectivity index (χ0n) is 10.6. The third kappa shape index (κ3) is 2.87. The average molecular weight is 247 g/mol. The van der Waals surface area contributed by atoms with E-state index < -0.39 is 0 Å². The maximum atomic E-state index is 11.6. The van der Waals surface area contributed by atoms with E-state index in [0.29, 0.717) is 12.4 Å². The van der Waals surface area contributed by atoms with Crippen molar-refractivity contribution >= 4 is 0 Å². The van der Waals surface area contributed by atoms with Gasteiger partial charge in [-0.25, -0.2) is 4.98 Å². The Morgan fingerprint density at radius 2 is 2.33 bits per heavy atom. The third-order valence-corrected chi connectivity index (χ3v) is 2.64. The summed E-state index contributed by atoms with van der Waals surface area (Å²) in [5, 5.41) is 3.23. The van der Waals surface area contributed by atoms with Crippen molar-refractivity contribution in [2.45, 2.75) is 26.8 Å². The number of aromatic amines is 1. The Balaban J connectivity index is 2.27. The Hall–Kier alpha value is -1.88. The molecular formula is C13H17N3O2. The van der Waals surface area contributed by atoms with Crippen LogP contribution in [-0.2, 0) is 6.54 Å². The summed E-state index contributed by atoms with van der Waals surface area (Å²) in [5.74, 6) is 1.30. The topological polar surface area (TPSA) is 70.9 Å². The molecule has 0 radical (unpaired) electrons. The third-order valence-electron chi connectivity index (χ3n) is 2.64. The van der Waals surface area contributed by atoms with Crippen LogP contribution in [0.25, 0.3) is 11.4 Å². The predicted octanol–water partition coefficient (Wildman–Crippen LogP) is 1.84. The fraction of sp³-hybridized carbons (Fsp3) is 0.385. The molecule has 0 spiro atoms. The Bertz CT molecular complexity index is 572. The summed E-state index contributed by atoms with van der Waals surface area (Å²) in [6, 6.07) is 3.32. The van der Waals surface area contributed by atoms with E-state index in [1.165, 1.54) is 6.07 Å². The van der Waals surface area contributed by atoms with Gasteiger partial charge >= 0.3 is 0 Å². The zero-order valence-corrected chi connectivity index (χ0v) is 10.6. The largest absolute Gasteiger partial charge is 0.469 e. The van der Waals surface area contributed by atoms with Gasteiger partial charge in [0.2, 0.25) is 0 Å². The molecule has 0 aliphatic heterocycles. The summed E-state index contributed by atoms with van der Waals surface area (Å²) in [4.78, 5) is 18.8. The summed E-state index contributed by atoms with van der Waals surface area (Å²) in [7, 11) is 0. The van der Waals surface area contributed by atoms with Gasteiger partial charge in [-0.05, 0) is 26.0 Å². The van der Waals surface area contributed by atoms with Crippen LogP contribution in [0.2, 0.25) is 0 Å². The Labute approximate surface area is 105 Å². The summed E-state index contributed by atoms with van der Waals surface area (Å²) in [5.41, 5.74) is 1.42. The molecule has 0 amide bonds. The van der Waals surface area contributed by atoms with Gasteiger partial charge < -0.3 is 14.7 Å². The van der Waals surface area contributed by atoms with Crippen LogP contribution in [0.1, 0.15) is 24.8 Å². The van der Waals surface area contributed by atoms with E-state index >= 15 is 0 Å². The Morgan fingerprint density at radius 1 is 1.50 bits per heavy atom. The van der Waals surface area contributed by atoms with Gasteiger partial charge in [0.1, 0.15) is 11.6 Å². The predicted molar refractivity (Wildman–Crippen MR) is 69.3 cm³/mol. The normalized spacial score (nSPS) is 10.8. The molecule has 5 nitrogen and oxygen atoms in total. The van der Waals surface area contributed by atoms with Gasteiger partial charge in [-0.2, -0.15) is 0 Å². The van der Waals surface area contributed by atoms with Crippen molar-refractivity contribution in [2.75, 3.05) is 6.54 Å². The molecule has 0 saturated heterocycles. The molecule has 0 atom stereocenters. The summed E-state index contributed by atoms with van der Waals surface area (Å²) < 4.78 is 5.22. The van der Waals surface area contributed by atoms with Crippen molar-refractivity contribution in [3.63, 3.8) is 0 Å². The van der Waals surface area contributed by atoms with Crippen molar-refractivity contribution < 1.29 is 4.42 Å². The molecule has 2 rings (SSSR count). The maximum absolute atomic E-state index is 11.6. The summed E-state index contributed by atoms with van der Waals surface area (Å²) >= 11 is 0. The van der Waals surface area contributed by atoms with E-state index in [2.05, 4.69) is 22.2 Å². The van der Waals surface area contributed by atoms with Gasteiger partial charge in [0.15, 0.2) is 0 Å². The van der Waals surface area contributed by atoms with Crippen molar-refractivity contribution in [1.82, 2.24) is 15.3 Å². The van der Waals surface area contributed by atoms with Crippen molar-refractivity contribution in [1.29, 1.82) is 0 Å². The number of hydrogen-bond acceptors (Lipinski definition) is 4. The van der Waals surface area contributed by atoms with Gasteiger partial charge in [0, 0.05) is 12.6 Å². The van der Waals surface area contributed by atoms with Gasteiger partial charge in [-0.1, -0.05) is 6.92 Å². The van der Waals surface area contributed by atoms with E-state index in [-0.39, 0.29) is 5.56 Å². The molecule has 96 valence electrons. The molecule has 18 heavy (non-hydrogen) atoms. The van der Waals surface area contributed by atoms with E-state index in [4.69, 9.17) is 4.42 Å². The molecule has 0 bridgehead atoms. The fourth-order valence-corrected chi connectivity index (χ4v) is 1.75. The Kier molecular flexibility index (Phi) is 3.94. The first-order valence-corrected chi connectivity index (χ1v) is 6.06. The van der Waals surface area contributed by atoms with Crippen LogP contribution in [0.15, 0.2) is 27.6 Å². The number of aromatic nitrogens is 2. The van der Waals surface area contributed by atoms with Crippen molar-refractivity contribution in [3.05, 3.63) is 40.2 Å². The quantitative estimate of drug-likeness (QED) is 0.791. The minimum atomic E-state index is -0.145. The molecular weight excluding hydrogens is 230 g/mol. The lowest BCUT2D eigenvalue weighted by Crippen LogP contribution is -2.18. The standard InChI is InChI=1S/C13H17N3O2/c1-3-5-14-8-10-7-12(17)16-13(15-10)11-4-6-18-9(11)2/h4,6-7,14H,3,5,8H2,1-2H3,(H,15,16,17). The average Bonchev–Trinajstić information content (AvgIpc) is 2.75. The minimum Gasteiger partial charge on any atom is -0.469 e. The number of nitrogens with one attached hydrogen (secondary N) is 2. The van der Waals surface area contributed by atoms with Crippen molar-refractivity contribution in [2.24, 2.45) is 0 Å². The molecule has 0 saturated carbocycles. The van der Waals surface area contributed by atoms with E-state index in [0.717, 1.165) is 30.0 Å². The molecule has 2 aromatic heterocycles.